The first-order valence-corrected chi connectivity index (χ1v) is 9.04. The van der Waals surface area contributed by atoms with Crippen LogP contribution in [0, 0.1) is 0 Å². The van der Waals surface area contributed by atoms with Gasteiger partial charge < -0.3 is 9.84 Å². The number of aliphatic hydroxyl groups excluding tert-OH is 1. The molecule has 2 aromatic rings. The zero-order chi connectivity index (χ0) is 16.2. The Labute approximate surface area is 141 Å². The highest BCUT2D eigenvalue weighted by Crippen LogP contribution is 2.24. The minimum atomic E-state index is -0.459. The summed E-state index contributed by atoms with van der Waals surface area (Å²) in [4.78, 5) is 7.61. The van der Waals surface area contributed by atoms with Gasteiger partial charge in [0.25, 0.3) is 0 Å². The van der Waals surface area contributed by atoms with E-state index < -0.39 is 6.10 Å². The SMILES string of the molecule is CC(C)c1cccc(O[C@@H]2CCN(Cc3cncs3)C[C@H]2O)c1. The Morgan fingerprint density at radius 1 is 1.43 bits per heavy atom. The normalized spacial score (nSPS) is 22.4. The monoisotopic (exact) mass is 332 g/mol. The highest BCUT2D eigenvalue weighted by Gasteiger charge is 2.29. The fraction of sp³-hybridized carbons (Fsp3) is 0.500. The molecule has 1 saturated heterocycles. The number of rotatable bonds is 5. The lowest BCUT2D eigenvalue weighted by molar-refractivity contribution is -0.0272. The van der Waals surface area contributed by atoms with Crippen LogP contribution in [0.2, 0.25) is 0 Å². The molecule has 1 aromatic heterocycles. The molecule has 0 radical (unpaired) electrons. The molecule has 23 heavy (non-hydrogen) atoms. The van der Waals surface area contributed by atoms with Crippen molar-refractivity contribution in [3.8, 4) is 5.75 Å². The van der Waals surface area contributed by atoms with Crippen LogP contribution >= 0.6 is 11.3 Å². The van der Waals surface area contributed by atoms with Gasteiger partial charge in [0.2, 0.25) is 0 Å². The molecule has 5 heteroatoms. The molecule has 0 bridgehead atoms. The van der Waals surface area contributed by atoms with E-state index in [0.717, 1.165) is 25.3 Å². The number of ether oxygens (including phenoxy) is 1. The molecule has 4 nitrogen and oxygen atoms in total. The van der Waals surface area contributed by atoms with Gasteiger partial charge in [-0.2, -0.15) is 0 Å². The van der Waals surface area contributed by atoms with Crippen molar-refractivity contribution in [2.75, 3.05) is 13.1 Å². The van der Waals surface area contributed by atoms with Crippen LogP contribution in [0.3, 0.4) is 0 Å². The Hall–Kier alpha value is -1.43. The van der Waals surface area contributed by atoms with Gasteiger partial charge in [-0.15, -0.1) is 11.3 Å². The van der Waals surface area contributed by atoms with Gasteiger partial charge in [-0.25, -0.2) is 0 Å². The summed E-state index contributed by atoms with van der Waals surface area (Å²) in [5, 5.41) is 10.4. The summed E-state index contributed by atoms with van der Waals surface area (Å²) < 4.78 is 6.06. The third-order valence-corrected chi connectivity index (χ3v) is 5.04. The maximum absolute atomic E-state index is 10.4. The maximum atomic E-state index is 10.4. The van der Waals surface area contributed by atoms with E-state index in [0.29, 0.717) is 12.5 Å². The number of piperidine rings is 1. The molecule has 0 spiro atoms. The van der Waals surface area contributed by atoms with E-state index in [1.54, 1.807) is 11.3 Å². The minimum Gasteiger partial charge on any atom is -0.488 e. The first kappa shape index (κ1) is 16.4. The number of likely N-dealkylation sites (tertiary alicyclic amines) is 1. The van der Waals surface area contributed by atoms with Crippen molar-refractivity contribution in [2.45, 2.75) is 44.9 Å². The molecule has 2 atom stereocenters. The van der Waals surface area contributed by atoms with Crippen LogP contribution in [0.1, 0.15) is 36.6 Å². The van der Waals surface area contributed by atoms with Gasteiger partial charge in [-0.1, -0.05) is 26.0 Å². The van der Waals surface area contributed by atoms with Crippen LogP contribution in [0.4, 0.5) is 0 Å². The van der Waals surface area contributed by atoms with E-state index in [9.17, 15) is 5.11 Å². The topological polar surface area (TPSA) is 45.6 Å². The predicted octanol–water partition coefficient (Wildman–Crippen LogP) is 3.28. The second-order valence-electron chi connectivity index (χ2n) is 6.44. The molecule has 1 N–H and O–H groups in total. The second kappa shape index (κ2) is 7.43. The number of hydrogen-bond donors (Lipinski definition) is 1. The molecule has 0 aliphatic carbocycles. The molecular weight excluding hydrogens is 308 g/mol. The number of thiazole rings is 1. The zero-order valence-corrected chi connectivity index (χ0v) is 14.5. The van der Waals surface area contributed by atoms with Gasteiger partial charge in [-0.05, 0) is 30.0 Å². The summed E-state index contributed by atoms with van der Waals surface area (Å²) >= 11 is 1.66. The number of aromatic nitrogens is 1. The molecule has 1 aromatic carbocycles. The number of aliphatic hydroxyl groups is 1. The third-order valence-electron chi connectivity index (χ3n) is 4.28. The number of benzene rings is 1. The van der Waals surface area contributed by atoms with E-state index in [1.165, 1.54) is 10.4 Å². The molecule has 0 amide bonds. The fourth-order valence-corrected chi connectivity index (χ4v) is 3.55. The maximum Gasteiger partial charge on any atom is 0.127 e. The van der Waals surface area contributed by atoms with Gasteiger partial charge in [0.05, 0.1) is 5.51 Å². The van der Waals surface area contributed by atoms with Gasteiger partial charge >= 0.3 is 0 Å². The van der Waals surface area contributed by atoms with Crippen LogP contribution in [-0.2, 0) is 6.54 Å². The van der Waals surface area contributed by atoms with E-state index in [1.807, 2.05) is 23.8 Å². The van der Waals surface area contributed by atoms with Gasteiger partial charge in [0, 0.05) is 30.7 Å². The van der Waals surface area contributed by atoms with Crippen molar-refractivity contribution in [1.82, 2.24) is 9.88 Å². The van der Waals surface area contributed by atoms with E-state index in [2.05, 4.69) is 35.9 Å². The van der Waals surface area contributed by atoms with Gasteiger partial charge in [-0.3, -0.25) is 9.88 Å². The predicted molar refractivity (Wildman–Crippen MR) is 93.0 cm³/mol. The highest BCUT2D eigenvalue weighted by molar-refractivity contribution is 7.09. The van der Waals surface area contributed by atoms with Crippen LogP contribution in [0.15, 0.2) is 36.0 Å². The molecule has 0 saturated carbocycles. The van der Waals surface area contributed by atoms with Gasteiger partial charge in [0.15, 0.2) is 0 Å². The summed E-state index contributed by atoms with van der Waals surface area (Å²) in [7, 11) is 0. The van der Waals surface area contributed by atoms with Crippen molar-refractivity contribution in [1.29, 1.82) is 0 Å². The Bertz CT molecular complexity index is 615. The Morgan fingerprint density at radius 2 is 2.30 bits per heavy atom. The first-order valence-electron chi connectivity index (χ1n) is 8.16. The van der Waals surface area contributed by atoms with Crippen molar-refractivity contribution < 1.29 is 9.84 Å². The molecule has 124 valence electrons. The molecule has 1 aliphatic rings. The molecule has 3 rings (SSSR count). The van der Waals surface area contributed by atoms with Crippen molar-refractivity contribution >= 4 is 11.3 Å². The quantitative estimate of drug-likeness (QED) is 0.913. The number of hydrogen-bond acceptors (Lipinski definition) is 5. The summed E-state index contributed by atoms with van der Waals surface area (Å²) in [5.41, 5.74) is 3.11. The highest BCUT2D eigenvalue weighted by atomic mass is 32.1. The van der Waals surface area contributed by atoms with E-state index in [-0.39, 0.29) is 6.10 Å². The average molecular weight is 332 g/mol. The van der Waals surface area contributed by atoms with Crippen LogP contribution in [0.5, 0.6) is 5.75 Å². The summed E-state index contributed by atoms with van der Waals surface area (Å²) in [5.74, 6) is 1.33. The Balaban J connectivity index is 1.57. The van der Waals surface area contributed by atoms with Crippen LogP contribution in [0.25, 0.3) is 0 Å². The molecular formula is C18H24N2O2S. The largest absolute Gasteiger partial charge is 0.488 e. The van der Waals surface area contributed by atoms with Crippen molar-refractivity contribution in [2.24, 2.45) is 0 Å². The molecule has 1 fully saturated rings. The number of nitrogens with zero attached hydrogens (tertiary/aromatic N) is 2. The van der Waals surface area contributed by atoms with Crippen LogP contribution in [-0.4, -0.2) is 40.3 Å². The lowest BCUT2D eigenvalue weighted by Gasteiger charge is -2.35. The smallest absolute Gasteiger partial charge is 0.127 e. The van der Waals surface area contributed by atoms with E-state index >= 15 is 0 Å². The average Bonchev–Trinajstić information content (AvgIpc) is 3.03. The summed E-state index contributed by atoms with van der Waals surface area (Å²) in [6, 6.07) is 8.20. The zero-order valence-electron chi connectivity index (χ0n) is 13.7. The van der Waals surface area contributed by atoms with Crippen molar-refractivity contribution in [3.63, 3.8) is 0 Å². The Morgan fingerprint density at radius 3 is 3.00 bits per heavy atom. The standard InChI is InChI=1S/C18H24N2O2S/c1-13(2)14-4-3-5-15(8-14)22-18-6-7-20(11-17(18)21)10-16-9-19-12-23-16/h3-5,8-9,12-13,17-18,21H,6-7,10-11H2,1-2H3/t17-,18-/m1/s1. The Kier molecular flexibility index (Phi) is 5.30. The second-order valence-corrected chi connectivity index (χ2v) is 7.41. The third kappa shape index (κ3) is 4.31. The lowest BCUT2D eigenvalue weighted by atomic mass is 10.0. The van der Waals surface area contributed by atoms with E-state index in [4.69, 9.17) is 4.74 Å². The number of β-amino-alcohol motifs (C(OH)–C–C–N with tert-alkyl or cyclic N) is 1. The lowest BCUT2D eigenvalue weighted by Crippen LogP contribution is -2.48. The first-order chi connectivity index (χ1) is 11.1. The summed E-state index contributed by atoms with van der Waals surface area (Å²) in [6.07, 6.45) is 2.15. The van der Waals surface area contributed by atoms with Crippen molar-refractivity contribution in [3.05, 3.63) is 46.4 Å². The molecule has 0 unspecified atom stereocenters. The van der Waals surface area contributed by atoms with Gasteiger partial charge in [0.1, 0.15) is 18.0 Å². The van der Waals surface area contributed by atoms with Crippen LogP contribution < -0.4 is 4.74 Å². The minimum absolute atomic E-state index is 0.130. The molecule has 1 aliphatic heterocycles. The molecule has 2 heterocycles. The summed E-state index contributed by atoms with van der Waals surface area (Å²) in [6.45, 7) is 6.78. The fourth-order valence-electron chi connectivity index (χ4n) is 2.92.